The van der Waals surface area contributed by atoms with Crippen LogP contribution in [0, 0.1) is 0 Å². The second kappa shape index (κ2) is 5.93. The van der Waals surface area contributed by atoms with E-state index in [2.05, 4.69) is 0 Å². The van der Waals surface area contributed by atoms with Crippen LogP contribution < -0.4 is 0 Å². The molecular weight excluding hydrogens is 238 g/mol. The van der Waals surface area contributed by atoms with E-state index >= 15 is 0 Å². The normalized spacial score (nSPS) is 17.5. The topological polar surface area (TPSA) is 20.2 Å². The van der Waals surface area contributed by atoms with Gasteiger partial charge in [0.1, 0.15) is 0 Å². The Hall–Kier alpha value is -0.980. The third-order valence-corrected chi connectivity index (χ3v) is 1.66. The zero-order chi connectivity index (χ0) is 12.8. The lowest BCUT2D eigenvalue weighted by atomic mass is 10.0. The molecule has 94 valence electrons. The standard InChI is InChI=1S/C9H10F6O/c10-6-4-2-1-3-5-8(16,7(11)12)9(13,14)15/h1-3,5,7,16H,4,6H2. The van der Waals surface area contributed by atoms with Crippen molar-refractivity contribution in [1.29, 1.82) is 0 Å². The minimum absolute atomic E-state index is 0.0382. The van der Waals surface area contributed by atoms with E-state index < -0.39 is 24.9 Å². The largest absolute Gasteiger partial charge is 0.426 e. The molecule has 0 aliphatic carbocycles. The highest BCUT2D eigenvalue weighted by Crippen LogP contribution is 2.36. The number of aliphatic hydroxyl groups is 1. The molecule has 0 aromatic heterocycles. The predicted molar refractivity (Wildman–Crippen MR) is 45.9 cm³/mol. The number of halogens is 6. The first kappa shape index (κ1) is 15.0. The Morgan fingerprint density at radius 3 is 2.06 bits per heavy atom. The minimum atomic E-state index is -5.47. The third-order valence-electron chi connectivity index (χ3n) is 1.66. The van der Waals surface area contributed by atoms with E-state index in [1.165, 1.54) is 0 Å². The summed E-state index contributed by atoms with van der Waals surface area (Å²) in [7, 11) is 0. The molecule has 0 aliphatic rings. The Kier molecular flexibility index (Phi) is 5.57. The van der Waals surface area contributed by atoms with Crippen molar-refractivity contribution in [3.05, 3.63) is 24.3 Å². The Morgan fingerprint density at radius 2 is 1.69 bits per heavy atom. The Balaban J connectivity index is 4.71. The molecule has 0 aromatic carbocycles. The Labute approximate surface area is 88.1 Å². The molecule has 0 rings (SSSR count). The number of allylic oxidation sites excluding steroid dienone is 3. The van der Waals surface area contributed by atoms with Crippen LogP contribution in [-0.2, 0) is 0 Å². The molecule has 0 saturated heterocycles. The lowest BCUT2D eigenvalue weighted by molar-refractivity contribution is -0.276. The van der Waals surface area contributed by atoms with Crippen molar-refractivity contribution >= 4 is 0 Å². The van der Waals surface area contributed by atoms with Gasteiger partial charge in [0.05, 0.1) is 6.67 Å². The molecular formula is C9H10F6O. The summed E-state index contributed by atoms with van der Waals surface area (Å²) in [4.78, 5) is 0. The van der Waals surface area contributed by atoms with Gasteiger partial charge in [-0.1, -0.05) is 18.2 Å². The fraction of sp³-hybridized carbons (Fsp3) is 0.556. The molecule has 1 nitrogen and oxygen atoms in total. The van der Waals surface area contributed by atoms with Crippen molar-refractivity contribution in [2.24, 2.45) is 0 Å². The first-order chi connectivity index (χ1) is 7.25. The van der Waals surface area contributed by atoms with Crippen molar-refractivity contribution < 1.29 is 31.4 Å². The van der Waals surface area contributed by atoms with Crippen molar-refractivity contribution in [3.8, 4) is 0 Å². The molecule has 1 atom stereocenters. The predicted octanol–water partition coefficient (Wildman–Crippen LogP) is 3.02. The molecule has 0 saturated carbocycles. The summed E-state index contributed by atoms with van der Waals surface area (Å²) in [5.41, 5.74) is -4.17. The first-order valence-electron chi connectivity index (χ1n) is 4.23. The molecule has 0 radical (unpaired) electrons. The highest BCUT2D eigenvalue weighted by molar-refractivity contribution is 5.14. The fourth-order valence-corrected chi connectivity index (χ4v) is 0.731. The van der Waals surface area contributed by atoms with Crippen LogP contribution in [0.15, 0.2) is 24.3 Å². The Morgan fingerprint density at radius 1 is 1.12 bits per heavy atom. The van der Waals surface area contributed by atoms with Gasteiger partial charge in [-0.2, -0.15) is 13.2 Å². The maximum atomic E-state index is 12.1. The van der Waals surface area contributed by atoms with E-state index in [1.807, 2.05) is 0 Å². The monoisotopic (exact) mass is 248 g/mol. The first-order valence-corrected chi connectivity index (χ1v) is 4.23. The average molecular weight is 248 g/mol. The van der Waals surface area contributed by atoms with Gasteiger partial charge >= 0.3 is 6.18 Å². The van der Waals surface area contributed by atoms with E-state index in [1.54, 1.807) is 0 Å². The molecule has 1 N–H and O–H groups in total. The number of hydrogen-bond donors (Lipinski definition) is 1. The van der Waals surface area contributed by atoms with Crippen molar-refractivity contribution in [2.75, 3.05) is 6.67 Å². The van der Waals surface area contributed by atoms with E-state index in [0.29, 0.717) is 6.08 Å². The summed E-state index contributed by atoms with van der Waals surface area (Å²) in [5, 5.41) is 8.71. The summed E-state index contributed by atoms with van der Waals surface area (Å²) in [5.74, 6) is 0. The van der Waals surface area contributed by atoms with E-state index in [-0.39, 0.29) is 12.5 Å². The van der Waals surface area contributed by atoms with Crippen LogP contribution in [0.3, 0.4) is 0 Å². The van der Waals surface area contributed by atoms with Crippen molar-refractivity contribution in [1.82, 2.24) is 0 Å². The number of alkyl halides is 6. The van der Waals surface area contributed by atoms with Gasteiger partial charge in [-0.15, -0.1) is 0 Å². The summed E-state index contributed by atoms with van der Waals surface area (Å²) in [6.07, 6.45) is -6.84. The lowest BCUT2D eigenvalue weighted by Crippen LogP contribution is -2.49. The minimum Gasteiger partial charge on any atom is -0.372 e. The zero-order valence-corrected chi connectivity index (χ0v) is 8.02. The molecule has 7 heteroatoms. The molecule has 0 fully saturated rings. The van der Waals surface area contributed by atoms with Gasteiger partial charge in [0, 0.05) is 0 Å². The van der Waals surface area contributed by atoms with Crippen molar-refractivity contribution in [2.45, 2.75) is 24.6 Å². The van der Waals surface area contributed by atoms with Crippen LogP contribution in [0.1, 0.15) is 6.42 Å². The summed E-state index contributed by atoms with van der Waals surface area (Å²) >= 11 is 0. The highest BCUT2D eigenvalue weighted by atomic mass is 19.4. The quantitative estimate of drug-likeness (QED) is 0.585. The molecule has 16 heavy (non-hydrogen) atoms. The molecule has 0 aromatic rings. The number of rotatable bonds is 5. The SMILES string of the molecule is OC(C=CC=CCCF)(C(F)F)C(F)(F)F. The van der Waals surface area contributed by atoms with Gasteiger partial charge in [-0.05, 0) is 12.5 Å². The van der Waals surface area contributed by atoms with Crippen molar-refractivity contribution in [3.63, 3.8) is 0 Å². The van der Waals surface area contributed by atoms with Crippen LogP contribution in [0.2, 0.25) is 0 Å². The van der Waals surface area contributed by atoms with Gasteiger partial charge in [0.15, 0.2) is 0 Å². The van der Waals surface area contributed by atoms with Crippen LogP contribution in [0.4, 0.5) is 26.3 Å². The summed E-state index contributed by atoms with van der Waals surface area (Å²) < 4.78 is 71.8. The second-order valence-corrected chi connectivity index (χ2v) is 2.89. The third kappa shape index (κ3) is 3.88. The maximum Gasteiger partial charge on any atom is 0.426 e. The van der Waals surface area contributed by atoms with E-state index in [4.69, 9.17) is 5.11 Å². The maximum absolute atomic E-state index is 12.1. The average Bonchev–Trinajstić information content (AvgIpc) is 2.15. The molecule has 0 bridgehead atoms. The lowest BCUT2D eigenvalue weighted by Gasteiger charge is -2.25. The fourth-order valence-electron chi connectivity index (χ4n) is 0.731. The van der Waals surface area contributed by atoms with Gasteiger partial charge in [0.25, 0.3) is 6.43 Å². The van der Waals surface area contributed by atoms with Gasteiger partial charge in [-0.25, -0.2) is 8.78 Å². The molecule has 0 spiro atoms. The molecule has 0 aliphatic heterocycles. The van der Waals surface area contributed by atoms with Crippen LogP contribution in [0.25, 0.3) is 0 Å². The second-order valence-electron chi connectivity index (χ2n) is 2.89. The summed E-state index contributed by atoms with van der Waals surface area (Å²) in [6, 6.07) is 0. The van der Waals surface area contributed by atoms with Gasteiger partial charge in [-0.3, -0.25) is 4.39 Å². The zero-order valence-electron chi connectivity index (χ0n) is 8.02. The molecule has 0 heterocycles. The van der Waals surface area contributed by atoms with Crippen LogP contribution in [-0.4, -0.2) is 30.0 Å². The van der Waals surface area contributed by atoms with Gasteiger partial charge in [0.2, 0.25) is 5.60 Å². The number of hydrogen-bond acceptors (Lipinski definition) is 1. The Bertz CT molecular complexity index is 257. The van der Waals surface area contributed by atoms with Gasteiger partial charge < -0.3 is 5.11 Å². The van der Waals surface area contributed by atoms with E-state index in [0.717, 1.165) is 12.2 Å². The van der Waals surface area contributed by atoms with Crippen LogP contribution in [0.5, 0.6) is 0 Å². The smallest absolute Gasteiger partial charge is 0.372 e. The summed E-state index contributed by atoms with van der Waals surface area (Å²) in [6.45, 7) is -0.706. The van der Waals surface area contributed by atoms with Crippen LogP contribution >= 0.6 is 0 Å². The molecule has 1 unspecified atom stereocenters. The molecule has 0 amide bonds. The highest BCUT2D eigenvalue weighted by Gasteiger charge is 2.58. The van der Waals surface area contributed by atoms with E-state index in [9.17, 15) is 26.3 Å².